The average Bonchev–Trinajstić information content (AvgIpc) is 2.21. The Hall–Kier alpha value is -0.770. The zero-order chi connectivity index (χ0) is 11.3. The van der Waals surface area contributed by atoms with Crippen LogP contribution < -0.4 is 5.32 Å². The maximum absolute atomic E-state index is 11.4. The molecular weight excluding hydrogens is 192 g/mol. The zero-order valence-electron chi connectivity index (χ0n) is 9.70. The van der Waals surface area contributed by atoms with Gasteiger partial charge in [-0.15, -0.1) is 0 Å². The molecule has 0 spiro atoms. The topological polar surface area (TPSA) is 52.6 Å². The molecule has 1 saturated carbocycles. The monoisotopic (exact) mass is 214 g/mol. The summed E-state index contributed by atoms with van der Waals surface area (Å²) < 4.78 is 0. The summed E-state index contributed by atoms with van der Waals surface area (Å²) in [6.45, 7) is 0.291. The molecule has 0 unspecified atom stereocenters. The standard InChI is InChI=1S/C11H22N2O2/c1-13(2)11(15)12-10-5-3-9(4-6-10)7-8-14/h9-10,14H,3-8H2,1-2H3,(H,12,15). The fourth-order valence-corrected chi connectivity index (χ4v) is 2.08. The molecule has 1 fully saturated rings. The zero-order valence-corrected chi connectivity index (χ0v) is 9.70. The van der Waals surface area contributed by atoms with E-state index in [0.29, 0.717) is 18.6 Å². The van der Waals surface area contributed by atoms with Crippen molar-refractivity contribution in [1.29, 1.82) is 0 Å². The first-order valence-corrected chi connectivity index (χ1v) is 5.72. The van der Waals surface area contributed by atoms with Gasteiger partial charge in [-0.25, -0.2) is 4.79 Å². The Morgan fingerprint density at radius 2 is 1.93 bits per heavy atom. The van der Waals surface area contributed by atoms with Crippen molar-refractivity contribution < 1.29 is 9.90 Å². The molecule has 0 saturated heterocycles. The smallest absolute Gasteiger partial charge is 0.317 e. The Morgan fingerprint density at radius 1 is 1.33 bits per heavy atom. The summed E-state index contributed by atoms with van der Waals surface area (Å²) in [6.07, 6.45) is 5.25. The van der Waals surface area contributed by atoms with Gasteiger partial charge in [-0.2, -0.15) is 0 Å². The number of nitrogens with one attached hydrogen (secondary N) is 1. The maximum atomic E-state index is 11.4. The number of aliphatic hydroxyl groups is 1. The Labute approximate surface area is 91.6 Å². The van der Waals surface area contributed by atoms with Crippen LogP contribution in [-0.4, -0.2) is 42.8 Å². The highest BCUT2D eigenvalue weighted by Gasteiger charge is 2.22. The van der Waals surface area contributed by atoms with E-state index in [9.17, 15) is 4.79 Å². The Balaban J connectivity index is 2.22. The number of nitrogens with zero attached hydrogens (tertiary/aromatic N) is 1. The van der Waals surface area contributed by atoms with Gasteiger partial charge in [-0.3, -0.25) is 0 Å². The second-order valence-corrected chi connectivity index (χ2v) is 4.57. The van der Waals surface area contributed by atoms with Gasteiger partial charge in [0.2, 0.25) is 0 Å². The van der Waals surface area contributed by atoms with Crippen molar-refractivity contribution in [2.75, 3.05) is 20.7 Å². The lowest BCUT2D eigenvalue weighted by Crippen LogP contribution is -2.43. The van der Waals surface area contributed by atoms with Crippen molar-refractivity contribution in [3.8, 4) is 0 Å². The van der Waals surface area contributed by atoms with E-state index >= 15 is 0 Å². The molecule has 88 valence electrons. The number of hydrogen-bond donors (Lipinski definition) is 2. The van der Waals surface area contributed by atoms with E-state index in [4.69, 9.17) is 5.11 Å². The lowest BCUT2D eigenvalue weighted by atomic mass is 9.84. The van der Waals surface area contributed by atoms with Gasteiger partial charge >= 0.3 is 6.03 Å². The highest BCUT2D eigenvalue weighted by Crippen LogP contribution is 2.26. The van der Waals surface area contributed by atoms with E-state index in [1.165, 1.54) is 0 Å². The molecule has 0 heterocycles. The molecule has 1 aliphatic carbocycles. The number of carbonyl (C=O) groups is 1. The number of aliphatic hydroxyl groups excluding tert-OH is 1. The van der Waals surface area contributed by atoms with Crippen LogP contribution in [0.4, 0.5) is 4.79 Å². The molecule has 0 atom stereocenters. The van der Waals surface area contributed by atoms with Gasteiger partial charge < -0.3 is 15.3 Å². The predicted octanol–water partition coefficient (Wildman–Crippen LogP) is 1.20. The van der Waals surface area contributed by atoms with Crippen LogP contribution in [0.1, 0.15) is 32.1 Å². The minimum Gasteiger partial charge on any atom is -0.396 e. The first-order valence-electron chi connectivity index (χ1n) is 5.72. The van der Waals surface area contributed by atoms with E-state index in [-0.39, 0.29) is 6.03 Å². The van der Waals surface area contributed by atoms with Gasteiger partial charge in [-0.05, 0) is 38.0 Å². The second kappa shape index (κ2) is 5.95. The van der Waals surface area contributed by atoms with Crippen LogP contribution in [0, 0.1) is 5.92 Å². The molecule has 2 amide bonds. The molecule has 1 rings (SSSR count). The largest absolute Gasteiger partial charge is 0.396 e. The van der Waals surface area contributed by atoms with Crippen LogP contribution in [-0.2, 0) is 0 Å². The highest BCUT2D eigenvalue weighted by molar-refractivity contribution is 5.73. The van der Waals surface area contributed by atoms with Crippen molar-refractivity contribution >= 4 is 6.03 Å². The number of urea groups is 1. The van der Waals surface area contributed by atoms with Gasteiger partial charge in [0.05, 0.1) is 0 Å². The van der Waals surface area contributed by atoms with E-state index in [0.717, 1.165) is 32.1 Å². The normalized spacial score (nSPS) is 26.1. The summed E-state index contributed by atoms with van der Waals surface area (Å²) in [5.41, 5.74) is 0. The lowest BCUT2D eigenvalue weighted by molar-refractivity contribution is 0.194. The molecule has 1 aliphatic rings. The number of rotatable bonds is 3. The molecule has 0 aromatic carbocycles. The minimum absolute atomic E-state index is 0.000563. The van der Waals surface area contributed by atoms with Crippen molar-refractivity contribution in [1.82, 2.24) is 10.2 Å². The van der Waals surface area contributed by atoms with E-state index < -0.39 is 0 Å². The maximum Gasteiger partial charge on any atom is 0.317 e. The summed E-state index contributed by atoms with van der Waals surface area (Å²) in [6, 6.07) is 0.329. The molecule has 4 heteroatoms. The fourth-order valence-electron chi connectivity index (χ4n) is 2.08. The summed E-state index contributed by atoms with van der Waals surface area (Å²) in [5, 5.41) is 11.8. The van der Waals surface area contributed by atoms with Crippen molar-refractivity contribution in [3.05, 3.63) is 0 Å². The molecular formula is C11H22N2O2. The molecule has 0 aliphatic heterocycles. The van der Waals surface area contributed by atoms with Gasteiger partial charge in [0.1, 0.15) is 0 Å². The summed E-state index contributed by atoms with van der Waals surface area (Å²) in [5.74, 6) is 0.655. The Kier molecular flexibility index (Phi) is 4.88. The minimum atomic E-state index is 0.000563. The number of amides is 2. The third-order valence-electron chi connectivity index (χ3n) is 3.12. The quantitative estimate of drug-likeness (QED) is 0.741. The SMILES string of the molecule is CN(C)C(=O)NC1CCC(CCO)CC1. The van der Waals surface area contributed by atoms with Crippen LogP contribution in [0.25, 0.3) is 0 Å². The van der Waals surface area contributed by atoms with Gasteiger partial charge in [0, 0.05) is 26.7 Å². The van der Waals surface area contributed by atoms with E-state index in [2.05, 4.69) is 5.32 Å². The number of carbonyl (C=O) groups excluding carboxylic acids is 1. The first kappa shape index (κ1) is 12.3. The first-order chi connectivity index (χ1) is 7.13. The molecule has 15 heavy (non-hydrogen) atoms. The van der Waals surface area contributed by atoms with Crippen LogP contribution >= 0.6 is 0 Å². The Morgan fingerprint density at radius 3 is 2.40 bits per heavy atom. The third kappa shape index (κ3) is 4.08. The molecule has 0 bridgehead atoms. The van der Waals surface area contributed by atoms with Gasteiger partial charge in [0.25, 0.3) is 0 Å². The molecule has 0 radical (unpaired) electrons. The third-order valence-corrected chi connectivity index (χ3v) is 3.12. The van der Waals surface area contributed by atoms with Crippen LogP contribution in [0.15, 0.2) is 0 Å². The van der Waals surface area contributed by atoms with Crippen molar-refractivity contribution in [2.45, 2.75) is 38.1 Å². The molecule has 4 nitrogen and oxygen atoms in total. The van der Waals surface area contributed by atoms with Gasteiger partial charge in [0.15, 0.2) is 0 Å². The fraction of sp³-hybridized carbons (Fsp3) is 0.909. The van der Waals surface area contributed by atoms with Crippen molar-refractivity contribution in [2.24, 2.45) is 5.92 Å². The predicted molar refractivity (Wildman–Crippen MR) is 59.7 cm³/mol. The molecule has 2 N–H and O–H groups in total. The summed E-state index contributed by atoms with van der Waals surface area (Å²) in [4.78, 5) is 13.0. The Bertz CT molecular complexity index is 199. The second-order valence-electron chi connectivity index (χ2n) is 4.57. The van der Waals surface area contributed by atoms with Crippen LogP contribution in [0.3, 0.4) is 0 Å². The highest BCUT2D eigenvalue weighted by atomic mass is 16.3. The van der Waals surface area contributed by atoms with Crippen LogP contribution in [0.5, 0.6) is 0 Å². The van der Waals surface area contributed by atoms with Crippen molar-refractivity contribution in [3.63, 3.8) is 0 Å². The van der Waals surface area contributed by atoms with E-state index in [1.807, 2.05) is 0 Å². The summed E-state index contributed by atoms with van der Waals surface area (Å²) >= 11 is 0. The number of hydrogen-bond acceptors (Lipinski definition) is 2. The molecule has 0 aromatic heterocycles. The molecule has 0 aromatic rings. The lowest BCUT2D eigenvalue weighted by Gasteiger charge is -2.29. The van der Waals surface area contributed by atoms with Crippen LogP contribution in [0.2, 0.25) is 0 Å². The summed E-state index contributed by atoms with van der Waals surface area (Å²) in [7, 11) is 3.51. The van der Waals surface area contributed by atoms with Gasteiger partial charge in [-0.1, -0.05) is 0 Å². The van der Waals surface area contributed by atoms with E-state index in [1.54, 1.807) is 19.0 Å². The average molecular weight is 214 g/mol.